The van der Waals surface area contributed by atoms with Crippen molar-refractivity contribution in [3.05, 3.63) is 24.3 Å². The molecule has 6 unspecified atom stereocenters. The van der Waals surface area contributed by atoms with E-state index in [1.807, 2.05) is 0 Å². The van der Waals surface area contributed by atoms with Crippen LogP contribution in [-0.4, -0.2) is 89.6 Å². The minimum Gasteiger partial charge on any atom is -0.457 e. The molecule has 0 radical (unpaired) electrons. The van der Waals surface area contributed by atoms with Crippen molar-refractivity contribution in [2.75, 3.05) is 26.4 Å². The second-order valence-corrected chi connectivity index (χ2v) is 16.2. The normalized spacial score (nSPS) is 20.7. The summed E-state index contributed by atoms with van der Waals surface area (Å²) in [5.41, 5.74) is 0. The van der Waals surface area contributed by atoms with Crippen molar-refractivity contribution in [3.8, 4) is 0 Å². The highest BCUT2D eigenvalue weighted by Crippen LogP contribution is 2.23. The maximum atomic E-state index is 12.7. The number of hydrogen-bond donors (Lipinski definition) is 4. The van der Waals surface area contributed by atoms with Crippen LogP contribution in [0.2, 0.25) is 0 Å². The number of aliphatic hydroxyl groups excluding tert-OH is 4. The summed E-state index contributed by atoms with van der Waals surface area (Å²) in [5.74, 6) is -0.316. The minimum absolute atomic E-state index is 0.110. The van der Waals surface area contributed by atoms with E-state index >= 15 is 0 Å². The zero-order chi connectivity index (χ0) is 40.7. The molecule has 0 spiro atoms. The fraction of sp³-hybridized carbons (Fsp3) is 0.894. The monoisotopic (exact) mass is 797 g/mol. The van der Waals surface area contributed by atoms with Crippen LogP contribution in [0.15, 0.2) is 24.3 Å². The first-order valence-electron chi connectivity index (χ1n) is 23.4. The van der Waals surface area contributed by atoms with E-state index in [0.29, 0.717) is 13.0 Å². The summed E-state index contributed by atoms with van der Waals surface area (Å²) in [4.78, 5) is 12.7. The third kappa shape index (κ3) is 29.8. The molecule has 56 heavy (non-hydrogen) atoms. The molecule has 1 rings (SSSR count). The first-order valence-corrected chi connectivity index (χ1v) is 23.4. The molecule has 9 nitrogen and oxygen atoms in total. The maximum Gasteiger partial charge on any atom is 0.306 e. The van der Waals surface area contributed by atoms with Crippen molar-refractivity contribution in [1.82, 2.24) is 0 Å². The van der Waals surface area contributed by atoms with Crippen molar-refractivity contribution < 1.29 is 44.2 Å². The van der Waals surface area contributed by atoms with Crippen molar-refractivity contribution >= 4 is 5.97 Å². The molecule has 1 saturated heterocycles. The number of hydrogen-bond acceptors (Lipinski definition) is 9. The molecule has 6 atom stereocenters. The van der Waals surface area contributed by atoms with Crippen molar-refractivity contribution in [2.45, 2.75) is 243 Å². The molecular formula is C47H88O9. The van der Waals surface area contributed by atoms with Crippen LogP contribution in [0.25, 0.3) is 0 Å². The number of esters is 1. The smallest absolute Gasteiger partial charge is 0.306 e. The Labute approximate surface area is 343 Å². The van der Waals surface area contributed by atoms with E-state index in [1.54, 1.807) is 0 Å². The van der Waals surface area contributed by atoms with Crippen LogP contribution in [0.1, 0.15) is 206 Å². The lowest BCUT2D eigenvalue weighted by atomic mass is 9.99. The van der Waals surface area contributed by atoms with Gasteiger partial charge in [0.1, 0.15) is 30.5 Å². The van der Waals surface area contributed by atoms with Crippen molar-refractivity contribution in [3.63, 3.8) is 0 Å². The van der Waals surface area contributed by atoms with E-state index in [4.69, 9.17) is 18.9 Å². The Kier molecular flexibility index (Phi) is 36.8. The SMILES string of the molecule is CCCCCCC/C=C\C/C=C\CCCCCCCCCCCCCCOCC(COC1OC(CO)C(O)C(O)C1O)OC(=O)CCCCCCCCCCC. The quantitative estimate of drug-likeness (QED) is 0.0271. The summed E-state index contributed by atoms with van der Waals surface area (Å²) in [6.45, 7) is 4.54. The number of carbonyl (C=O) groups excluding carboxylic acids is 1. The zero-order valence-electron chi connectivity index (χ0n) is 36.1. The van der Waals surface area contributed by atoms with E-state index in [-0.39, 0.29) is 19.2 Å². The van der Waals surface area contributed by atoms with Gasteiger partial charge in [0.05, 0.1) is 19.8 Å². The Morgan fingerprint density at radius 3 is 1.54 bits per heavy atom. The number of carbonyl (C=O) groups is 1. The van der Waals surface area contributed by atoms with Gasteiger partial charge in [-0.15, -0.1) is 0 Å². The second kappa shape index (κ2) is 39.1. The van der Waals surface area contributed by atoms with Gasteiger partial charge in [-0.25, -0.2) is 0 Å². The number of aliphatic hydroxyl groups is 4. The van der Waals surface area contributed by atoms with E-state index < -0.39 is 43.4 Å². The Hall–Kier alpha value is -1.33. The first-order chi connectivity index (χ1) is 27.4. The molecule has 1 aliphatic heterocycles. The lowest BCUT2D eigenvalue weighted by Gasteiger charge is -2.39. The number of ether oxygens (including phenoxy) is 4. The van der Waals surface area contributed by atoms with Crippen molar-refractivity contribution in [1.29, 1.82) is 0 Å². The van der Waals surface area contributed by atoms with Gasteiger partial charge in [-0.2, -0.15) is 0 Å². The van der Waals surface area contributed by atoms with Gasteiger partial charge in [0.2, 0.25) is 0 Å². The van der Waals surface area contributed by atoms with Crippen LogP contribution in [0.5, 0.6) is 0 Å². The summed E-state index contributed by atoms with van der Waals surface area (Å²) >= 11 is 0. The molecule has 1 heterocycles. The Morgan fingerprint density at radius 1 is 0.571 bits per heavy atom. The van der Waals surface area contributed by atoms with Crippen LogP contribution in [-0.2, 0) is 23.7 Å². The molecule has 0 aromatic carbocycles. The van der Waals surface area contributed by atoms with Gasteiger partial charge in [-0.1, -0.05) is 179 Å². The van der Waals surface area contributed by atoms with Crippen LogP contribution in [0, 0.1) is 0 Å². The standard InChI is InChI=1S/C47H88O9/c1-3-5-7-9-11-13-14-15-16-17-18-19-20-21-22-23-24-25-26-27-29-31-33-35-37-53-39-41(40-54-47-46(52)45(51)44(50)42(38-48)56-47)55-43(49)36-34-32-30-28-12-10-8-6-4-2/h14-15,17-18,41-42,44-48,50-52H,3-13,16,19-40H2,1-2H3/b15-14-,18-17-. The second-order valence-electron chi connectivity index (χ2n) is 16.2. The molecule has 0 saturated carbocycles. The fourth-order valence-corrected chi connectivity index (χ4v) is 7.17. The lowest BCUT2D eigenvalue weighted by molar-refractivity contribution is -0.305. The highest BCUT2D eigenvalue weighted by Gasteiger charge is 2.44. The van der Waals surface area contributed by atoms with E-state index in [2.05, 4.69) is 38.2 Å². The predicted molar refractivity (Wildman–Crippen MR) is 229 cm³/mol. The summed E-state index contributed by atoms with van der Waals surface area (Å²) in [6, 6.07) is 0. The molecule has 0 aromatic heterocycles. The molecule has 0 aliphatic carbocycles. The largest absolute Gasteiger partial charge is 0.457 e. The number of rotatable bonds is 40. The summed E-state index contributed by atoms with van der Waals surface area (Å²) in [5, 5.41) is 40.0. The van der Waals surface area contributed by atoms with Crippen molar-refractivity contribution in [2.24, 2.45) is 0 Å². The zero-order valence-corrected chi connectivity index (χ0v) is 36.1. The topological polar surface area (TPSA) is 135 Å². The predicted octanol–water partition coefficient (Wildman–Crippen LogP) is 10.6. The molecule has 1 fully saturated rings. The molecular weight excluding hydrogens is 709 g/mol. The maximum absolute atomic E-state index is 12.7. The first kappa shape index (κ1) is 52.7. The number of allylic oxidation sites excluding steroid dienone is 4. The number of unbranched alkanes of at least 4 members (excludes halogenated alkanes) is 25. The van der Waals surface area contributed by atoms with E-state index in [0.717, 1.165) is 38.5 Å². The Balaban J connectivity index is 2.15. The molecule has 0 aromatic rings. The lowest BCUT2D eigenvalue weighted by Crippen LogP contribution is -2.59. The average molecular weight is 797 g/mol. The van der Waals surface area contributed by atoms with E-state index in [9.17, 15) is 25.2 Å². The van der Waals surface area contributed by atoms with Gasteiger partial charge in [0, 0.05) is 13.0 Å². The molecule has 330 valence electrons. The van der Waals surface area contributed by atoms with Gasteiger partial charge < -0.3 is 39.4 Å². The summed E-state index contributed by atoms with van der Waals surface area (Å²) in [7, 11) is 0. The van der Waals surface area contributed by atoms with Crippen LogP contribution >= 0.6 is 0 Å². The third-order valence-corrected chi connectivity index (χ3v) is 10.9. The van der Waals surface area contributed by atoms with Crippen LogP contribution in [0.4, 0.5) is 0 Å². The highest BCUT2D eigenvalue weighted by molar-refractivity contribution is 5.69. The summed E-state index contributed by atoms with van der Waals surface area (Å²) in [6.07, 6.45) is 37.9. The third-order valence-electron chi connectivity index (χ3n) is 10.9. The fourth-order valence-electron chi connectivity index (χ4n) is 7.17. The molecule has 0 bridgehead atoms. The van der Waals surface area contributed by atoms with Gasteiger partial charge in [0.25, 0.3) is 0 Å². The van der Waals surface area contributed by atoms with Gasteiger partial charge >= 0.3 is 5.97 Å². The molecule has 0 amide bonds. The Morgan fingerprint density at radius 2 is 1.04 bits per heavy atom. The molecule has 9 heteroatoms. The van der Waals surface area contributed by atoms with E-state index in [1.165, 1.54) is 148 Å². The molecule has 4 N–H and O–H groups in total. The summed E-state index contributed by atoms with van der Waals surface area (Å²) < 4.78 is 22.8. The Bertz CT molecular complexity index is 910. The van der Waals surface area contributed by atoms with Gasteiger partial charge in [0.15, 0.2) is 6.29 Å². The van der Waals surface area contributed by atoms with Gasteiger partial charge in [-0.3, -0.25) is 4.79 Å². The van der Waals surface area contributed by atoms with Gasteiger partial charge in [-0.05, 0) is 44.9 Å². The average Bonchev–Trinajstić information content (AvgIpc) is 3.20. The van der Waals surface area contributed by atoms with Crippen LogP contribution in [0.3, 0.4) is 0 Å². The molecule has 1 aliphatic rings. The van der Waals surface area contributed by atoms with Crippen LogP contribution < -0.4 is 0 Å². The minimum atomic E-state index is -1.53. The highest BCUT2D eigenvalue weighted by atomic mass is 16.7.